The molecule has 0 amide bonds. The van der Waals surface area contributed by atoms with E-state index in [0.717, 1.165) is 41.9 Å². The molecule has 0 bridgehead atoms. The van der Waals surface area contributed by atoms with Crippen LogP contribution in [0.25, 0.3) is 0 Å². The average molecular weight is 378 g/mol. The second kappa shape index (κ2) is 8.22. The summed E-state index contributed by atoms with van der Waals surface area (Å²) in [6, 6.07) is 6.12. The molecule has 1 aliphatic rings. The number of methoxy groups -OCH3 is 1. The second-order valence-electron chi connectivity index (χ2n) is 6.87. The maximum absolute atomic E-state index is 5.64. The van der Waals surface area contributed by atoms with Gasteiger partial charge in [-0.2, -0.15) is 9.78 Å². The lowest BCUT2D eigenvalue weighted by atomic mass is 10.2. The van der Waals surface area contributed by atoms with Crippen molar-refractivity contribution in [3.8, 4) is 11.5 Å². The predicted molar refractivity (Wildman–Crippen MR) is 103 cm³/mol. The Balaban J connectivity index is 1.71. The molecule has 0 saturated heterocycles. The number of nitrogens with one attached hydrogen (secondary N) is 1. The molecule has 1 unspecified atom stereocenters. The number of ether oxygens (including phenoxy) is 2. The van der Waals surface area contributed by atoms with Crippen LogP contribution in [0.1, 0.15) is 44.0 Å². The van der Waals surface area contributed by atoms with Gasteiger partial charge in [-0.1, -0.05) is 0 Å². The first-order valence-corrected chi connectivity index (χ1v) is 9.76. The number of aromatic nitrogens is 3. The summed E-state index contributed by atoms with van der Waals surface area (Å²) in [5.41, 5.74) is 1.20. The van der Waals surface area contributed by atoms with E-state index in [4.69, 9.17) is 26.8 Å². The van der Waals surface area contributed by atoms with Crippen LogP contribution in [0.5, 0.6) is 11.5 Å². The topological polar surface area (TPSA) is 45.7 Å². The minimum absolute atomic E-state index is 0.605. The number of nitrogens with zero attached hydrogens (tertiary/aromatic N) is 3. The third kappa shape index (κ3) is 4.10. The zero-order valence-electron chi connectivity index (χ0n) is 16.1. The molecule has 2 aromatic rings. The second-order valence-corrected chi connectivity index (χ2v) is 7.23. The first-order chi connectivity index (χ1) is 12.6. The Morgan fingerprint density at radius 3 is 2.65 bits per heavy atom. The summed E-state index contributed by atoms with van der Waals surface area (Å²) >= 11 is 5.64. The van der Waals surface area contributed by atoms with Crippen LogP contribution in [-0.2, 0) is 19.8 Å². The van der Waals surface area contributed by atoms with Crippen molar-refractivity contribution >= 4 is 12.2 Å². The summed E-state index contributed by atoms with van der Waals surface area (Å²) in [4.78, 5) is 1.32. The molecule has 1 aromatic heterocycles. The Kier molecular flexibility index (Phi) is 5.98. The highest BCUT2D eigenvalue weighted by Gasteiger charge is 2.30. The van der Waals surface area contributed by atoms with Crippen LogP contribution >= 0.6 is 12.2 Å². The van der Waals surface area contributed by atoms with Crippen LogP contribution in [0, 0.1) is 4.77 Å². The monoisotopic (exact) mass is 377 g/mol. The van der Waals surface area contributed by atoms with E-state index >= 15 is 0 Å². The highest BCUT2D eigenvalue weighted by atomic mass is 32.1. The molecule has 0 spiro atoms. The molecule has 6 nitrogen and oxygen atoms in total. The molecule has 1 fully saturated rings. The molecule has 26 heavy (non-hydrogen) atoms. The predicted octanol–water partition coefficient (Wildman–Crippen LogP) is 2.39. The van der Waals surface area contributed by atoms with E-state index in [1.165, 1.54) is 23.3 Å². The summed E-state index contributed by atoms with van der Waals surface area (Å²) in [5.74, 6) is 3.33. The van der Waals surface area contributed by atoms with Crippen LogP contribution in [-0.4, -0.2) is 35.1 Å². The lowest BCUT2D eigenvalue weighted by Gasteiger charge is -2.15. The van der Waals surface area contributed by atoms with Gasteiger partial charge in [0.25, 0.3) is 0 Å². The summed E-state index contributed by atoms with van der Waals surface area (Å²) < 4.78 is 16.0. The summed E-state index contributed by atoms with van der Waals surface area (Å²) in [5, 5.41) is 4.81. The number of benzene rings is 1. The van der Waals surface area contributed by atoms with E-state index < -0.39 is 0 Å². The van der Waals surface area contributed by atoms with E-state index in [1.807, 2.05) is 23.7 Å². The van der Waals surface area contributed by atoms with Crippen molar-refractivity contribution < 1.29 is 14.4 Å². The quantitative estimate of drug-likeness (QED) is 0.682. The van der Waals surface area contributed by atoms with E-state index in [1.54, 1.807) is 7.11 Å². The van der Waals surface area contributed by atoms with E-state index in [9.17, 15) is 0 Å². The van der Waals surface area contributed by atoms with E-state index in [-0.39, 0.29) is 0 Å². The smallest absolute Gasteiger partial charge is 0.202 e. The highest BCUT2D eigenvalue weighted by Crippen LogP contribution is 2.39. The molecule has 142 valence electrons. The third-order valence-electron chi connectivity index (χ3n) is 4.66. The molecule has 0 aliphatic heterocycles. The standard InChI is InChI=1S/C19H28N4O2S/c1-5-22-18(15-8-9-15)20-23(19(22)26)13-21(3)12-14-7-10-16(25-6-2)17(11-14)24-4/h7,10-11,15H,5-6,8-9,12-13H2,1-4H3/p+1. The van der Waals surface area contributed by atoms with E-state index in [0.29, 0.717) is 12.5 Å². The van der Waals surface area contributed by atoms with Crippen molar-refractivity contribution in [3.05, 3.63) is 34.4 Å². The first-order valence-electron chi connectivity index (χ1n) is 9.35. The minimum atomic E-state index is 0.605. The molecule has 1 heterocycles. The van der Waals surface area contributed by atoms with Crippen molar-refractivity contribution in [2.24, 2.45) is 0 Å². The third-order valence-corrected chi connectivity index (χ3v) is 5.09. The molecule has 1 atom stereocenters. The number of hydrogen-bond acceptors (Lipinski definition) is 4. The van der Waals surface area contributed by atoms with Gasteiger partial charge in [-0.3, -0.25) is 0 Å². The van der Waals surface area contributed by atoms with Gasteiger partial charge in [0.1, 0.15) is 12.4 Å². The summed E-state index contributed by atoms with van der Waals surface area (Å²) in [6.45, 7) is 7.24. The Morgan fingerprint density at radius 1 is 1.27 bits per heavy atom. The fourth-order valence-corrected chi connectivity index (χ4v) is 3.59. The highest BCUT2D eigenvalue weighted by molar-refractivity contribution is 7.71. The van der Waals surface area contributed by atoms with Gasteiger partial charge in [0.2, 0.25) is 4.77 Å². The van der Waals surface area contributed by atoms with Crippen LogP contribution < -0.4 is 14.4 Å². The maximum atomic E-state index is 5.64. The van der Waals surface area contributed by atoms with Gasteiger partial charge in [0.05, 0.1) is 20.8 Å². The SMILES string of the molecule is CCOc1ccc(C[NH+](C)Cn2nc(C3CC3)n(CC)c2=S)cc1OC. The molecule has 1 N–H and O–H groups in total. The van der Waals surface area contributed by atoms with Gasteiger partial charge in [-0.15, -0.1) is 0 Å². The maximum Gasteiger partial charge on any atom is 0.202 e. The Morgan fingerprint density at radius 2 is 2.04 bits per heavy atom. The largest absolute Gasteiger partial charge is 0.493 e. The van der Waals surface area contributed by atoms with Gasteiger partial charge in [0, 0.05) is 18.0 Å². The number of quaternary nitrogens is 1. The fraction of sp³-hybridized carbons (Fsp3) is 0.579. The Bertz CT molecular complexity index is 810. The molecule has 1 aromatic carbocycles. The van der Waals surface area contributed by atoms with Crippen LogP contribution in [0.4, 0.5) is 0 Å². The van der Waals surface area contributed by atoms with Crippen molar-refractivity contribution in [2.45, 2.75) is 52.4 Å². The minimum Gasteiger partial charge on any atom is -0.493 e. The molecule has 3 rings (SSSR count). The lowest BCUT2D eigenvalue weighted by molar-refractivity contribution is -0.917. The van der Waals surface area contributed by atoms with Gasteiger partial charge >= 0.3 is 0 Å². The summed E-state index contributed by atoms with van der Waals surface area (Å²) in [7, 11) is 3.83. The molecular formula is C19H29N4O2S+. The normalized spacial score (nSPS) is 15.1. The molecule has 7 heteroatoms. The lowest BCUT2D eigenvalue weighted by Crippen LogP contribution is -3.07. The van der Waals surface area contributed by atoms with Crippen molar-refractivity contribution in [1.29, 1.82) is 0 Å². The summed E-state index contributed by atoms with van der Waals surface area (Å²) in [6.07, 6.45) is 2.47. The zero-order valence-corrected chi connectivity index (χ0v) is 16.9. The molecular weight excluding hydrogens is 348 g/mol. The van der Waals surface area contributed by atoms with Crippen LogP contribution in [0.15, 0.2) is 18.2 Å². The molecule has 0 radical (unpaired) electrons. The first kappa shape index (κ1) is 18.9. The zero-order chi connectivity index (χ0) is 18.7. The fourth-order valence-electron chi connectivity index (χ4n) is 3.26. The van der Waals surface area contributed by atoms with Gasteiger partial charge < -0.3 is 18.9 Å². The Hall–Kier alpha value is -1.86. The molecule has 1 aliphatic carbocycles. The van der Waals surface area contributed by atoms with Crippen molar-refractivity contribution in [2.75, 3.05) is 20.8 Å². The van der Waals surface area contributed by atoms with Crippen LogP contribution in [0.3, 0.4) is 0 Å². The average Bonchev–Trinajstić information content (AvgIpc) is 3.42. The van der Waals surface area contributed by atoms with Gasteiger partial charge in [0.15, 0.2) is 18.2 Å². The van der Waals surface area contributed by atoms with Crippen molar-refractivity contribution in [1.82, 2.24) is 14.3 Å². The Labute approximate surface area is 160 Å². The van der Waals surface area contributed by atoms with Crippen molar-refractivity contribution in [3.63, 3.8) is 0 Å². The van der Waals surface area contributed by atoms with E-state index in [2.05, 4.69) is 24.6 Å². The van der Waals surface area contributed by atoms with Crippen LogP contribution in [0.2, 0.25) is 0 Å². The number of rotatable bonds is 9. The van der Waals surface area contributed by atoms with Gasteiger partial charge in [-0.25, -0.2) is 0 Å². The van der Waals surface area contributed by atoms with Gasteiger partial charge in [-0.05, 0) is 57.1 Å². The molecule has 1 saturated carbocycles. The number of hydrogen-bond donors (Lipinski definition) is 1.